The maximum Gasteiger partial charge on any atom is 0.406 e. The van der Waals surface area contributed by atoms with Crippen molar-refractivity contribution in [2.45, 2.75) is 26.1 Å². The molecule has 0 saturated carbocycles. The van der Waals surface area contributed by atoms with Crippen LogP contribution in [0.4, 0.5) is 18.9 Å². The van der Waals surface area contributed by atoms with Crippen molar-refractivity contribution in [3.63, 3.8) is 0 Å². The first-order chi connectivity index (χ1) is 14.1. The van der Waals surface area contributed by atoms with Crippen LogP contribution in [0, 0.1) is 10.1 Å². The van der Waals surface area contributed by atoms with Crippen molar-refractivity contribution in [1.29, 1.82) is 0 Å². The smallest absolute Gasteiger partial charge is 0.406 e. The van der Waals surface area contributed by atoms with Crippen LogP contribution in [-0.4, -0.2) is 40.8 Å². The summed E-state index contributed by atoms with van der Waals surface area (Å²) in [5.41, 5.74) is 0.0448. The van der Waals surface area contributed by atoms with Crippen LogP contribution >= 0.6 is 0 Å². The Morgan fingerprint density at radius 1 is 1.10 bits per heavy atom. The molecular formula is C20H19F3N2O5. The number of hydrogen-bond acceptors (Lipinski definition) is 5. The Morgan fingerprint density at radius 3 is 2.30 bits per heavy atom. The average molecular weight is 424 g/mol. The van der Waals surface area contributed by atoms with E-state index in [1.54, 1.807) is 6.92 Å². The van der Waals surface area contributed by atoms with Gasteiger partial charge in [0.05, 0.1) is 11.5 Å². The van der Waals surface area contributed by atoms with Gasteiger partial charge in [-0.25, -0.2) is 0 Å². The van der Waals surface area contributed by atoms with E-state index >= 15 is 0 Å². The van der Waals surface area contributed by atoms with Gasteiger partial charge in [-0.05, 0) is 24.3 Å². The number of nitrogens with zero attached hydrogens (tertiary/aromatic N) is 2. The van der Waals surface area contributed by atoms with Crippen molar-refractivity contribution >= 4 is 17.4 Å². The maximum atomic E-state index is 12.9. The molecule has 0 N–H and O–H groups in total. The van der Waals surface area contributed by atoms with E-state index in [1.165, 1.54) is 42.5 Å². The number of Topliss-reactive ketones (excluding diaryl/α,β-unsaturated/α-hetero) is 1. The van der Waals surface area contributed by atoms with E-state index in [2.05, 4.69) is 0 Å². The molecule has 0 bridgehead atoms. The number of nitro groups is 1. The lowest BCUT2D eigenvalue weighted by Gasteiger charge is -2.24. The number of alkyl halides is 3. The van der Waals surface area contributed by atoms with Crippen molar-refractivity contribution in [2.75, 3.05) is 13.2 Å². The minimum absolute atomic E-state index is 0.0254. The standard InChI is InChI=1S/C20H19F3N2O5/c1-2-18(26)14-7-9-16(10-8-14)30-12-19(27)24(13-20(21,22)23)11-15-5-3-4-6-17(15)25(28)29/h3-10H,2,11-13H2,1H3. The first-order valence-electron chi connectivity index (χ1n) is 8.93. The molecule has 0 fully saturated rings. The second-order valence-corrected chi connectivity index (χ2v) is 6.34. The quantitative estimate of drug-likeness (QED) is 0.343. The van der Waals surface area contributed by atoms with Crippen molar-refractivity contribution in [1.82, 2.24) is 4.90 Å². The molecule has 0 atom stereocenters. The van der Waals surface area contributed by atoms with Crippen LogP contribution in [0.3, 0.4) is 0 Å². The minimum Gasteiger partial charge on any atom is -0.484 e. The lowest BCUT2D eigenvalue weighted by atomic mass is 10.1. The molecule has 0 aliphatic heterocycles. The van der Waals surface area contributed by atoms with Crippen LogP contribution in [-0.2, 0) is 11.3 Å². The fraction of sp³-hybridized carbons (Fsp3) is 0.300. The predicted molar refractivity (Wildman–Crippen MR) is 101 cm³/mol. The molecule has 10 heteroatoms. The molecule has 160 valence electrons. The summed E-state index contributed by atoms with van der Waals surface area (Å²) in [6.07, 6.45) is -4.38. The number of amides is 1. The topological polar surface area (TPSA) is 89.8 Å². The van der Waals surface area contributed by atoms with Crippen LogP contribution in [0.1, 0.15) is 29.3 Å². The van der Waals surface area contributed by atoms with E-state index < -0.39 is 36.7 Å². The molecule has 0 aliphatic rings. The third kappa shape index (κ3) is 6.57. The van der Waals surface area contributed by atoms with Crippen LogP contribution in [0.25, 0.3) is 0 Å². The van der Waals surface area contributed by atoms with Gasteiger partial charge in [-0.15, -0.1) is 0 Å². The molecule has 2 aromatic carbocycles. The van der Waals surface area contributed by atoms with Crippen LogP contribution in [0.5, 0.6) is 5.75 Å². The zero-order chi connectivity index (χ0) is 22.3. The van der Waals surface area contributed by atoms with Gasteiger partial charge in [-0.1, -0.05) is 25.1 Å². The summed E-state index contributed by atoms with van der Waals surface area (Å²) in [5, 5.41) is 11.1. The number of ketones is 1. The summed E-state index contributed by atoms with van der Waals surface area (Å²) in [5.74, 6) is -0.869. The third-order valence-corrected chi connectivity index (χ3v) is 4.13. The van der Waals surface area contributed by atoms with Gasteiger partial charge >= 0.3 is 6.18 Å². The molecule has 0 aromatic heterocycles. The summed E-state index contributed by atoms with van der Waals surface area (Å²) in [7, 11) is 0. The second kappa shape index (κ2) is 9.86. The Kier molecular flexibility index (Phi) is 7.51. The highest BCUT2D eigenvalue weighted by atomic mass is 19.4. The van der Waals surface area contributed by atoms with Gasteiger partial charge in [0.15, 0.2) is 12.4 Å². The largest absolute Gasteiger partial charge is 0.484 e. The van der Waals surface area contributed by atoms with Gasteiger partial charge in [-0.3, -0.25) is 19.7 Å². The number of carbonyl (C=O) groups excluding carboxylic acids is 2. The van der Waals surface area contributed by atoms with Crippen molar-refractivity contribution in [3.8, 4) is 5.75 Å². The highest BCUT2D eigenvalue weighted by Crippen LogP contribution is 2.23. The van der Waals surface area contributed by atoms with E-state index in [0.29, 0.717) is 16.9 Å². The van der Waals surface area contributed by atoms with Gasteiger partial charge < -0.3 is 9.64 Å². The number of nitro benzene ring substituents is 1. The van der Waals surface area contributed by atoms with Gasteiger partial charge in [0.1, 0.15) is 12.3 Å². The molecule has 0 aliphatic carbocycles. The molecule has 1 amide bonds. The number of hydrogen-bond donors (Lipinski definition) is 0. The van der Waals surface area contributed by atoms with Crippen LogP contribution in [0.2, 0.25) is 0 Å². The highest BCUT2D eigenvalue weighted by molar-refractivity contribution is 5.95. The summed E-state index contributed by atoms with van der Waals surface area (Å²) >= 11 is 0. The molecule has 2 aromatic rings. The van der Waals surface area contributed by atoms with E-state index in [1.807, 2.05) is 0 Å². The summed E-state index contributed by atoms with van der Waals surface area (Å²) in [4.78, 5) is 34.8. The monoisotopic (exact) mass is 424 g/mol. The molecule has 30 heavy (non-hydrogen) atoms. The predicted octanol–water partition coefficient (Wildman–Crippen LogP) is 4.16. The molecule has 2 rings (SSSR count). The van der Waals surface area contributed by atoms with Crippen molar-refractivity contribution in [2.24, 2.45) is 0 Å². The molecule has 7 nitrogen and oxygen atoms in total. The number of rotatable bonds is 9. The van der Waals surface area contributed by atoms with Gasteiger partial charge in [-0.2, -0.15) is 13.2 Å². The molecule has 0 radical (unpaired) electrons. The van der Waals surface area contributed by atoms with E-state index in [-0.39, 0.29) is 22.8 Å². The normalized spacial score (nSPS) is 11.1. The van der Waals surface area contributed by atoms with Gasteiger partial charge in [0.2, 0.25) is 0 Å². The zero-order valence-electron chi connectivity index (χ0n) is 16.0. The Morgan fingerprint density at radius 2 is 1.73 bits per heavy atom. The Balaban J connectivity index is 2.12. The van der Waals surface area contributed by atoms with Gasteiger partial charge in [0.25, 0.3) is 11.6 Å². The second-order valence-electron chi connectivity index (χ2n) is 6.34. The summed E-state index contributed by atoms with van der Waals surface area (Å²) in [6, 6.07) is 11.1. The van der Waals surface area contributed by atoms with Crippen LogP contribution in [0.15, 0.2) is 48.5 Å². The van der Waals surface area contributed by atoms with Crippen molar-refractivity contribution < 1.29 is 32.4 Å². The minimum atomic E-state index is -4.69. The van der Waals surface area contributed by atoms with Crippen molar-refractivity contribution in [3.05, 3.63) is 69.8 Å². The Hall–Kier alpha value is -3.43. The fourth-order valence-corrected chi connectivity index (χ4v) is 2.65. The zero-order valence-corrected chi connectivity index (χ0v) is 16.0. The molecular weight excluding hydrogens is 405 g/mol. The average Bonchev–Trinajstić information content (AvgIpc) is 2.70. The molecule has 0 unspecified atom stereocenters. The highest BCUT2D eigenvalue weighted by Gasteiger charge is 2.34. The number of halogens is 3. The lowest BCUT2D eigenvalue weighted by Crippen LogP contribution is -2.41. The molecule has 0 heterocycles. The summed E-state index contributed by atoms with van der Waals surface area (Å²) < 4.78 is 44.1. The van der Waals surface area contributed by atoms with Crippen LogP contribution < -0.4 is 4.74 Å². The lowest BCUT2D eigenvalue weighted by molar-refractivity contribution is -0.385. The third-order valence-electron chi connectivity index (χ3n) is 4.13. The fourth-order valence-electron chi connectivity index (χ4n) is 2.65. The first kappa shape index (κ1) is 22.9. The van der Waals surface area contributed by atoms with E-state index in [9.17, 15) is 32.9 Å². The number of benzene rings is 2. The molecule has 0 spiro atoms. The number of carbonyl (C=O) groups is 2. The Bertz CT molecular complexity index is 913. The SMILES string of the molecule is CCC(=O)c1ccc(OCC(=O)N(Cc2ccccc2[N+](=O)[O-])CC(F)(F)F)cc1. The summed E-state index contributed by atoms with van der Waals surface area (Å²) in [6.45, 7) is -1.16. The van der Waals surface area contributed by atoms with E-state index in [0.717, 1.165) is 6.07 Å². The number of para-hydroxylation sites is 1. The Labute approximate surface area is 170 Å². The van der Waals surface area contributed by atoms with E-state index in [4.69, 9.17) is 4.74 Å². The number of ether oxygens (including phenoxy) is 1. The van der Waals surface area contributed by atoms with Gasteiger partial charge in [0, 0.05) is 23.6 Å². The maximum absolute atomic E-state index is 12.9. The first-order valence-corrected chi connectivity index (χ1v) is 8.93. The molecule has 0 saturated heterocycles.